The van der Waals surface area contributed by atoms with Crippen molar-refractivity contribution in [1.29, 1.82) is 0 Å². The molecule has 0 aliphatic heterocycles. The predicted molar refractivity (Wildman–Crippen MR) is 71.3 cm³/mol. The molecule has 0 aromatic heterocycles. The monoisotopic (exact) mass is 300 g/mol. The first-order valence-corrected chi connectivity index (χ1v) is 7.87. The maximum absolute atomic E-state index is 11.2. The predicted octanol–water partition coefficient (Wildman–Crippen LogP) is 2.18. The van der Waals surface area contributed by atoms with E-state index in [-0.39, 0.29) is 16.4 Å². The molecule has 0 radical (unpaired) electrons. The van der Waals surface area contributed by atoms with Gasteiger partial charge in [-0.3, -0.25) is 0 Å². The van der Waals surface area contributed by atoms with Crippen LogP contribution in [0.2, 0.25) is 0 Å². The molecular weight excluding hydrogens is 279 g/mol. The van der Waals surface area contributed by atoms with Crippen LogP contribution in [0.5, 0.6) is 0 Å². The van der Waals surface area contributed by atoms with Crippen molar-refractivity contribution in [3.63, 3.8) is 0 Å². The summed E-state index contributed by atoms with van der Waals surface area (Å²) in [6.07, 6.45) is 6.36. The molecule has 4 heteroatoms. The number of allylic oxidation sites excluding steroid dienone is 3. The first kappa shape index (κ1) is 16.2. The van der Waals surface area contributed by atoms with Crippen molar-refractivity contribution < 1.29 is 14.7 Å². The summed E-state index contributed by atoms with van der Waals surface area (Å²) < 4.78 is 0.939. The van der Waals surface area contributed by atoms with Crippen LogP contribution < -0.4 is 0 Å². The number of hydrogen-bond donors (Lipinski definition) is 1. The van der Waals surface area contributed by atoms with Gasteiger partial charge in [-0.05, 0) is 0 Å². The average molecular weight is 300 g/mol. The van der Waals surface area contributed by atoms with Crippen molar-refractivity contribution >= 4 is 26.3 Å². The quantitative estimate of drug-likeness (QED) is 0.445. The summed E-state index contributed by atoms with van der Waals surface area (Å²) in [5.74, 6) is -0.565. The van der Waals surface area contributed by atoms with E-state index >= 15 is 0 Å². The first-order valence-electron chi connectivity index (χ1n) is 5.77. The van der Waals surface area contributed by atoms with Gasteiger partial charge < -0.3 is 0 Å². The number of carbonyl (C=O) groups is 2. The Morgan fingerprint density at radius 2 is 1.94 bits per heavy atom. The van der Waals surface area contributed by atoms with Gasteiger partial charge in [-0.15, -0.1) is 0 Å². The van der Waals surface area contributed by atoms with E-state index in [0.717, 1.165) is 10.8 Å². The van der Waals surface area contributed by atoms with E-state index in [9.17, 15) is 9.59 Å². The van der Waals surface area contributed by atoms with E-state index in [1.54, 1.807) is 0 Å². The van der Waals surface area contributed by atoms with Crippen LogP contribution in [0.4, 0.5) is 0 Å². The third-order valence-electron chi connectivity index (χ3n) is 2.55. The molecule has 0 aliphatic carbocycles. The van der Waals surface area contributed by atoms with Crippen molar-refractivity contribution in [3.8, 4) is 0 Å². The average Bonchev–Trinajstić information content (AvgIpc) is 2.22. The molecule has 3 nitrogen and oxygen atoms in total. The van der Waals surface area contributed by atoms with Crippen molar-refractivity contribution in [2.45, 2.75) is 34.1 Å². The van der Waals surface area contributed by atoms with Gasteiger partial charge in [0.05, 0.1) is 0 Å². The zero-order chi connectivity index (χ0) is 13.4. The van der Waals surface area contributed by atoms with E-state index in [1.807, 2.05) is 6.92 Å². The molecule has 1 N–H and O–H groups in total. The molecule has 0 saturated heterocycles. The van der Waals surface area contributed by atoms with Crippen LogP contribution in [-0.4, -0.2) is 31.4 Å². The zero-order valence-corrected chi connectivity index (χ0v) is 13.0. The number of aliphatic carboxylic acids is 1. The number of carboxylic acids is 1. The van der Waals surface area contributed by atoms with E-state index < -0.39 is 21.7 Å². The van der Waals surface area contributed by atoms with Crippen LogP contribution in [0.1, 0.15) is 34.1 Å². The van der Waals surface area contributed by atoms with Gasteiger partial charge in [0.15, 0.2) is 0 Å². The van der Waals surface area contributed by atoms with Crippen molar-refractivity contribution in [2.75, 3.05) is 0 Å². The summed E-state index contributed by atoms with van der Waals surface area (Å²) in [5.41, 5.74) is 0. The van der Waals surface area contributed by atoms with Crippen molar-refractivity contribution in [1.82, 2.24) is 0 Å². The molecule has 3 unspecified atom stereocenters. The molecule has 0 amide bonds. The second-order valence-corrected chi connectivity index (χ2v) is 7.32. The van der Waals surface area contributed by atoms with E-state index in [1.165, 1.54) is 13.0 Å². The molecule has 0 aromatic carbocycles. The second-order valence-electron chi connectivity index (χ2n) is 4.10. The second kappa shape index (κ2) is 8.30. The van der Waals surface area contributed by atoms with Gasteiger partial charge in [-0.1, -0.05) is 0 Å². The van der Waals surface area contributed by atoms with Crippen LogP contribution >= 0.6 is 0 Å². The summed E-state index contributed by atoms with van der Waals surface area (Å²) in [6.45, 7) is 7.64. The SMILES string of the molecule is CCC=CC(C)C(C)C(=CC(=O)O)[AsH]C(C)=O. The first-order chi connectivity index (χ1) is 7.88. The Morgan fingerprint density at radius 3 is 2.35 bits per heavy atom. The van der Waals surface area contributed by atoms with Gasteiger partial charge in [0.1, 0.15) is 0 Å². The van der Waals surface area contributed by atoms with Crippen LogP contribution in [0.25, 0.3) is 0 Å². The van der Waals surface area contributed by atoms with Crippen molar-refractivity contribution in [3.05, 3.63) is 22.6 Å². The Bertz CT molecular complexity index is 332. The molecule has 0 spiro atoms. The molecule has 3 atom stereocenters. The van der Waals surface area contributed by atoms with Gasteiger partial charge in [0, 0.05) is 0 Å². The van der Waals surface area contributed by atoms with E-state index in [4.69, 9.17) is 5.11 Å². The number of hydrogen-bond acceptors (Lipinski definition) is 2. The molecule has 17 heavy (non-hydrogen) atoms. The Kier molecular flexibility index (Phi) is 7.89. The normalized spacial score (nSPS) is 16.6. The molecule has 0 aliphatic rings. The molecule has 0 heterocycles. The van der Waals surface area contributed by atoms with Crippen LogP contribution in [0.15, 0.2) is 22.6 Å². The third-order valence-corrected chi connectivity index (χ3v) is 5.16. The Labute approximate surface area is 110 Å². The Morgan fingerprint density at radius 1 is 1.35 bits per heavy atom. The molecule has 0 saturated carbocycles. The fraction of sp³-hybridized carbons (Fsp3) is 0.538. The number of rotatable bonds is 7. The fourth-order valence-electron chi connectivity index (χ4n) is 1.42. The molecule has 0 bridgehead atoms. The summed E-state index contributed by atoms with van der Waals surface area (Å²) in [4.78, 5) is 21.9. The van der Waals surface area contributed by atoms with Crippen molar-refractivity contribution in [2.24, 2.45) is 11.8 Å². The number of carboxylic acid groups (broad SMARTS) is 1. The molecule has 0 aromatic rings. The minimum absolute atomic E-state index is 0.121. The summed E-state index contributed by atoms with van der Waals surface area (Å²) in [5, 5.41) is 8.82. The van der Waals surface area contributed by atoms with Crippen LogP contribution in [-0.2, 0) is 9.59 Å². The standard InChI is InChI=1S/C13H21AsO3/c1-5-6-7-9(2)10(3)12(8-13(16)17)14-11(4)15/h6-10,14H,5H2,1-4H3,(H,16,17). The summed E-state index contributed by atoms with van der Waals surface area (Å²) in [7, 11) is 0. The topological polar surface area (TPSA) is 54.4 Å². The van der Waals surface area contributed by atoms with Gasteiger partial charge in [0.2, 0.25) is 0 Å². The molecule has 0 rings (SSSR count). The minimum atomic E-state index is -0.958. The van der Waals surface area contributed by atoms with Gasteiger partial charge in [-0.2, -0.15) is 0 Å². The molecule has 0 fully saturated rings. The Balaban J connectivity index is 4.85. The van der Waals surface area contributed by atoms with Gasteiger partial charge >= 0.3 is 110 Å². The van der Waals surface area contributed by atoms with E-state index in [2.05, 4.69) is 26.0 Å². The zero-order valence-electron chi connectivity index (χ0n) is 10.9. The van der Waals surface area contributed by atoms with E-state index in [0.29, 0.717) is 0 Å². The van der Waals surface area contributed by atoms with Crippen LogP contribution in [0, 0.1) is 11.8 Å². The molecule has 96 valence electrons. The van der Waals surface area contributed by atoms with Gasteiger partial charge in [-0.25, -0.2) is 0 Å². The maximum atomic E-state index is 11.2. The fourth-order valence-corrected chi connectivity index (χ4v) is 3.71. The van der Waals surface area contributed by atoms with Crippen LogP contribution in [0.3, 0.4) is 0 Å². The Hall–Kier alpha value is -0.822. The molecular formula is C13H21AsO3. The third kappa shape index (κ3) is 7.17. The number of carbonyl (C=O) groups excluding carboxylic acids is 1. The summed E-state index contributed by atoms with van der Waals surface area (Å²) in [6, 6.07) is 0. The summed E-state index contributed by atoms with van der Waals surface area (Å²) >= 11 is -0.958. The van der Waals surface area contributed by atoms with Gasteiger partial charge in [0.25, 0.3) is 0 Å².